The van der Waals surface area contributed by atoms with Gasteiger partial charge in [0.05, 0.1) is 12.7 Å². The molecule has 4 nitrogen and oxygen atoms in total. The number of hydrogen-bond donors (Lipinski definition) is 0. The van der Waals surface area contributed by atoms with Crippen LogP contribution in [-0.4, -0.2) is 40.8 Å². The summed E-state index contributed by atoms with van der Waals surface area (Å²) in [6, 6.07) is 0. The van der Waals surface area contributed by atoms with Crippen molar-refractivity contribution in [2.75, 3.05) is 20.2 Å². The molecular formula is C9H16ClN3OS. The van der Waals surface area contributed by atoms with E-state index in [1.54, 1.807) is 0 Å². The van der Waals surface area contributed by atoms with Crippen molar-refractivity contribution in [3.63, 3.8) is 0 Å². The van der Waals surface area contributed by atoms with Gasteiger partial charge >= 0.3 is 0 Å². The van der Waals surface area contributed by atoms with Gasteiger partial charge in [-0.2, -0.15) is 0 Å². The van der Waals surface area contributed by atoms with Crippen molar-refractivity contribution in [3.8, 4) is 0 Å². The van der Waals surface area contributed by atoms with Crippen molar-refractivity contribution in [3.05, 3.63) is 10.0 Å². The van der Waals surface area contributed by atoms with Crippen molar-refractivity contribution >= 4 is 23.1 Å². The van der Waals surface area contributed by atoms with Gasteiger partial charge in [-0.05, 0) is 20.9 Å². The molecule has 0 saturated heterocycles. The lowest BCUT2D eigenvalue weighted by Gasteiger charge is -2.16. The SMILES string of the molecule is CC(C)OCCN(C)Cc1nnsc1Cl. The van der Waals surface area contributed by atoms with E-state index < -0.39 is 0 Å². The minimum atomic E-state index is 0.280. The van der Waals surface area contributed by atoms with Crippen LogP contribution < -0.4 is 0 Å². The predicted octanol–water partition coefficient (Wildman–Crippen LogP) is 2.05. The first kappa shape index (κ1) is 12.8. The summed E-state index contributed by atoms with van der Waals surface area (Å²) in [6.07, 6.45) is 0.280. The third kappa shape index (κ3) is 4.88. The van der Waals surface area contributed by atoms with Crippen LogP contribution in [0.2, 0.25) is 4.34 Å². The van der Waals surface area contributed by atoms with Gasteiger partial charge in [0.25, 0.3) is 0 Å². The molecule has 1 aromatic heterocycles. The fourth-order valence-electron chi connectivity index (χ4n) is 1.07. The Kier molecular flexibility index (Phi) is 5.45. The molecule has 0 bridgehead atoms. The van der Waals surface area contributed by atoms with Crippen LogP contribution in [0.4, 0.5) is 0 Å². The lowest BCUT2D eigenvalue weighted by Crippen LogP contribution is -2.24. The Balaban J connectivity index is 2.24. The predicted molar refractivity (Wildman–Crippen MR) is 62.3 cm³/mol. The van der Waals surface area contributed by atoms with Gasteiger partial charge in [0.15, 0.2) is 0 Å². The Morgan fingerprint density at radius 2 is 2.27 bits per heavy atom. The molecule has 0 unspecified atom stereocenters. The number of likely N-dealkylation sites (N-methyl/N-ethyl adjacent to an activating group) is 1. The first-order valence-corrected chi connectivity index (χ1v) is 6.01. The Bertz CT molecular complexity index is 293. The first-order valence-electron chi connectivity index (χ1n) is 4.86. The molecule has 86 valence electrons. The molecule has 0 saturated carbocycles. The minimum absolute atomic E-state index is 0.280. The van der Waals surface area contributed by atoms with Crippen molar-refractivity contribution < 1.29 is 4.74 Å². The number of nitrogens with zero attached hydrogens (tertiary/aromatic N) is 3. The van der Waals surface area contributed by atoms with Gasteiger partial charge in [-0.3, -0.25) is 4.90 Å². The van der Waals surface area contributed by atoms with Crippen LogP contribution in [0.25, 0.3) is 0 Å². The lowest BCUT2D eigenvalue weighted by atomic mass is 10.4. The van der Waals surface area contributed by atoms with Crippen molar-refractivity contribution in [1.82, 2.24) is 14.5 Å². The molecule has 0 atom stereocenters. The van der Waals surface area contributed by atoms with Crippen LogP contribution in [0.5, 0.6) is 0 Å². The maximum absolute atomic E-state index is 5.90. The van der Waals surface area contributed by atoms with Crippen LogP contribution >= 0.6 is 23.1 Å². The second-order valence-corrected chi connectivity index (χ2v) is 5.01. The monoisotopic (exact) mass is 249 g/mol. The van der Waals surface area contributed by atoms with Gasteiger partial charge in [0.1, 0.15) is 10.0 Å². The first-order chi connectivity index (χ1) is 7.09. The van der Waals surface area contributed by atoms with E-state index in [0.29, 0.717) is 4.34 Å². The zero-order valence-electron chi connectivity index (χ0n) is 9.23. The van der Waals surface area contributed by atoms with Crippen LogP contribution in [0, 0.1) is 0 Å². The van der Waals surface area contributed by atoms with E-state index >= 15 is 0 Å². The molecule has 6 heteroatoms. The van der Waals surface area contributed by atoms with E-state index in [1.165, 1.54) is 11.5 Å². The van der Waals surface area contributed by atoms with E-state index in [9.17, 15) is 0 Å². The van der Waals surface area contributed by atoms with Crippen molar-refractivity contribution in [2.24, 2.45) is 0 Å². The third-order valence-corrected chi connectivity index (χ3v) is 2.84. The Hall–Kier alpha value is -0.230. The van der Waals surface area contributed by atoms with Crippen LogP contribution in [0.15, 0.2) is 0 Å². The van der Waals surface area contributed by atoms with E-state index in [4.69, 9.17) is 16.3 Å². The lowest BCUT2D eigenvalue weighted by molar-refractivity contribution is 0.0625. The molecule has 1 aromatic rings. The van der Waals surface area contributed by atoms with Gasteiger partial charge < -0.3 is 4.74 Å². The third-order valence-electron chi connectivity index (χ3n) is 1.85. The number of rotatable bonds is 6. The summed E-state index contributed by atoms with van der Waals surface area (Å²) >= 11 is 7.13. The number of hydrogen-bond acceptors (Lipinski definition) is 5. The molecule has 0 radical (unpaired) electrons. The second kappa shape index (κ2) is 6.37. The fraction of sp³-hybridized carbons (Fsp3) is 0.778. The molecule has 0 spiro atoms. The molecule has 0 aromatic carbocycles. The van der Waals surface area contributed by atoms with Gasteiger partial charge in [-0.15, -0.1) is 5.10 Å². The highest BCUT2D eigenvalue weighted by Crippen LogP contribution is 2.18. The summed E-state index contributed by atoms with van der Waals surface area (Å²) in [6.45, 7) is 6.37. The summed E-state index contributed by atoms with van der Waals surface area (Å²) in [7, 11) is 2.01. The Labute approximate surface area is 99.4 Å². The maximum Gasteiger partial charge on any atom is 0.138 e. The molecule has 0 aliphatic rings. The standard InChI is InChI=1S/C9H16ClN3OS/c1-7(2)14-5-4-13(3)6-8-9(10)15-12-11-8/h7H,4-6H2,1-3H3. The fourth-order valence-corrected chi connectivity index (χ4v) is 1.68. The summed E-state index contributed by atoms with van der Waals surface area (Å²) in [5.74, 6) is 0. The zero-order chi connectivity index (χ0) is 11.3. The zero-order valence-corrected chi connectivity index (χ0v) is 10.8. The normalized spacial score (nSPS) is 11.6. The topological polar surface area (TPSA) is 38.2 Å². The molecule has 15 heavy (non-hydrogen) atoms. The molecule has 0 fully saturated rings. The smallest absolute Gasteiger partial charge is 0.138 e. The Morgan fingerprint density at radius 1 is 1.53 bits per heavy atom. The molecule has 1 heterocycles. The number of halogens is 1. The largest absolute Gasteiger partial charge is 0.377 e. The Morgan fingerprint density at radius 3 is 2.80 bits per heavy atom. The highest BCUT2D eigenvalue weighted by molar-refractivity contribution is 7.10. The molecule has 0 aliphatic carbocycles. The van der Waals surface area contributed by atoms with E-state index in [-0.39, 0.29) is 6.10 Å². The van der Waals surface area contributed by atoms with Crippen LogP contribution in [0.3, 0.4) is 0 Å². The van der Waals surface area contributed by atoms with Gasteiger partial charge in [0.2, 0.25) is 0 Å². The van der Waals surface area contributed by atoms with Gasteiger partial charge in [0, 0.05) is 24.6 Å². The van der Waals surface area contributed by atoms with Crippen molar-refractivity contribution in [1.29, 1.82) is 0 Å². The summed E-state index contributed by atoms with van der Waals surface area (Å²) in [5.41, 5.74) is 0.841. The highest BCUT2D eigenvalue weighted by Gasteiger charge is 2.08. The van der Waals surface area contributed by atoms with Crippen LogP contribution in [-0.2, 0) is 11.3 Å². The molecule has 1 rings (SSSR count). The van der Waals surface area contributed by atoms with Gasteiger partial charge in [-0.1, -0.05) is 16.1 Å². The highest BCUT2D eigenvalue weighted by atomic mass is 35.5. The average molecular weight is 250 g/mol. The second-order valence-electron chi connectivity index (χ2n) is 3.65. The summed E-state index contributed by atoms with van der Waals surface area (Å²) in [4.78, 5) is 2.12. The molecular weight excluding hydrogens is 234 g/mol. The molecule has 0 N–H and O–H groups in total. The van der Waals surface area contributed by atoms with Crippen LogP contribution in [0.1, 0.15) is 19.5 Å². The number of aromatic nitrogens is 2. The molecule has 0 aliphatic heterocycles. The van der Waals surface area contributed by atoms with E-state index in [0.717, 1.165) is 25.4 Å². The minimum Gasteiger partial charge on any atom is -0.377 e. The number of ether oxygens (including phenoxy) is 1. The van der Waals surface area contributed by atoms with E-state index in [1.807, 2.05) is 20.9 Å². The summed E-state index contributed by atoms with van der Waals surface area (Å²) in [5, 5.41) is 3.95. The molecule has 0 amide bonds. The average Bonchev–Trinajstić information content (AvgIpc) is 2.51. The quantitative estimate of drug-likeness (QED) is 0.774. The van der Waals surface area contributed by atoms with E-state index in [2.05, 4.69) is 14.5 Å². The van der Waals surface area contributed by atoms with Crippen molar-refractivity contribution in [2.45, 2.75) is 26.5 Å². The summed E-state index contributed by atoms with van der Waals surface area (Å²) < 4.78 is 9.91. The van der Waals surface area contributed by atoms with Gasteiger partial charge in [-0.25, -0.2) is 0 Å². The maximum atomic E-state index is 5.90.